The normalized spacial score (nSPS) is 11.4. The molecule has 3 N–H and O–H groups in total. The summed E-state index contributed by atoms with van der Waals surface area (Å²) in [6, 6.07) is 9.33. The molecule has 146 valence electrons. The molecule has 0 saturated carbocycles. The lowest BCUT2D eigenvalue weighted by Crippen LogP contribution is -2.46. The van der Waals surface area contributed by atoms with Crippen molar-refractivity contribution in [1.82, 2.24) is 19.8 Å². The number of benzene rings is 1. The zero-order valence-corrected chi connectivity index (χ0v) is 17.1. The van der Waals surface area contributed by atoms with Gasteiger partial charge in [-0.3, -0.25) is 4.79 Å². The van der Waals surface area contributed by atoms with Gasteiger partial charge in [-0.1, -0.05) is 30.3 Å². The van der Waals surface area contributed by atoms with Crippen LogP contribution < -0.4 is 5.73 Å². The Morgan fingerprint density at radius 1 is 1.19 bits per heavy atom. The van der Waals surface area contributed by atoms with E-state index in [-0.39, 0.29) is 30.7 Å². The van der Waals surface area contributed by atoms with Crippen molar-refractivity contribution in [3.8, 4) is 0 Å². The number of aromatic amines is 1. The number of hydrogen-bond acceptors (Lipinski definition) is 4. The van der Waals surface area contributed by atoms with E-state index < -0.39 is 6.04 Å². The number of aryl methyl sites for hydroxylation is 1. The first-order valence-corrected chi connectivity index (χ1v) is 8.19. The summed E-state index contributed by atoms with van der Waals surface area (Å²) in [6.45, 7) is 3.85. The summed E-state index contributed by atoms with van der Waals surface area (Å²) in [5.74, 6) is -0.0388. The van der Waals surface area contributed by atoms with E-state index in [4.69, 9.17) is 5.73 Å². The first kappa shape index (κ1) is 24.4. The highest BCUT2D eigenvalue weighted by Gasteiger charge is 2.22. The SMILES string of the molecule is Cc1[nH]cnc1CN(CCN(C)C)C(=O)[C@H](N)Cc1ccccc1.Cl.Cl. The Bertz CT molecular complexity index is 648. The summed E-state index contributed by atoms with van der Waals surface area (Å²) >= 11 is 0. The van der Waals surface area contributed by atoms with Gasteiger partial charge in [0.1, 0.15) is 0 Å². The molecule has 8 heteroatoms. The standard InChI is InChI=1S/C18H27N5O.2ClH/c1-14-17(21-13-20-14)12-23(10-9-22(2)3)18(24)16(19)11-15-7-5-4-6-8-15;;/h4-8,13,16H,9-12,19H2,1-3H3,(H,20,21);2*1H/t16-;;/m1../s1. The molecule has 1 aromatic carbocycles. The maximum absolute atomic E-state index is 12.8. The highest BCUT2D eigenvalue weighted by Crippen LogP contribution is 2.09. The first-order valence-electron chi connectivity index (χ1n) is 8.19. The molecule has 0 aliphatic rings. The van der Waals surface area contributed by atoms with Gasteiger partial charge < -0.3 is 20.5 Å². The lowest BCUT2D eigenvalue weighted by molar-refractivity contribution is -0.133. The van der Waals surface area contributed by atoms with Gasteiger partial charge in [-0.2, -0.15) is 0 Å². The van der Waals surface area contributed by atoms with Gasteiger partial charge in [0.2, 0.25) is 5.91 Å². The number of imidazole rings is 1. The first-order chi connectivity index (χ1) is 11.5. The molecule has 6 nitrogen and oxygen atoms in total. The van der Waals surface area contributed by atoms with E-state index in [9.17, 15) is 4.79 Å². The number of rotatable bonds is 8. The van der Waals surface area contributed by atoms with Crippen molar-refractivity contribution in [3.63, 3.8) is 0 Å². The predicted molar refractivity (Wildman–Crippen MR) is 110 cm³/mol. The minimum absolute atomic E-state index is 0. The van der Waals surface area contributed by atoms with Crippen molar-refractivity contribution in [2.45, 2.75) is 25.9 Å². The molecular weight excluding hydrogens is 373 g/mol. The summed E-state index contributed by atoms with van der Waals surface area (Å²) in [5, 5.41) is 0. The smallest absolute Gasteiger partial charge is 0.240 e. The molecule has 1 heterocycles. The van der Waals surface area contributed by atoms with Crippen LogP contribution in [0.3, 0.4) is 0 Å². The summed E-state index contributed by atoms with van der Waals surface area (Å²) in [7, 11) is 3.98. The van der Waals surface area contributed by atoms with Crippen LogP contribution in [0.5, 0.6) is 0 Å². The van der Waals surface area contributed by atoms with E-state index >= 15 is 0 Å². The van der Waals surface area contributed by atoms with Crippen LogP contribution in [-0.2, 0) is 17.8 Å². The molecule has 1 atom stereocenters. The molecule has 2 rings (SSSR count). The minimum Gasteiger partial charge on any atom is -0.348 e. The molecule has 0 aliphatic carbocycles. The van der Waals surface area contributed by atoms with E-state index in [0.717, 1.165) is 23.5 Å². The van der Waals surface area contributed by atoms with Crippen molar-refractivity contribution in [3.05, 3.63) is 53.6 Å². The van der Waals surface area contributed by atoms with Gasteiger partial charge in [0.25, 0.3) is 0 Å². The Hall–Kier alpha value is -1.60. The fourth-order valence-corrected chi connectivity index (χ4v) is 2.51. The Kier molecular flexibility index (Phi) is 11.2. The Labute approximate surface area is 168 Å². The third-order valence-electron chi connectivity index (χ3n) is 4.02. The molecule has 0 unspecified atom stereocenters. The van der Waals surface area contributed by atoms with Gasteiger partial charge in [-0.15, -0.1) is 24.8 Å². The molecule has 26 heavy (non-hydrogen) atoms. The van der Waals surface area contributed by atoms with Crippen molar-refractivity contribution in [2.24, 2.45) is 5.73 Å². The number of nitrogens with one attached hydrogen (secondary N) is 1. The van der Waals surface area contributed by atoms with Crippen molar-refractivity contribution in [1.29, 1.82) is 0 Å². The Balaban J connectivity index is 0.00000312. The average molecular weight is 402 g/mol. The van der Waals surface area contributed by atoms with Crippen LogP contribution in [0.25, 0.3) is 0 Å². The van der Waals surface area contributed by atoms with Crippen molar-refractivity contribution >= 4 is 30.7 Å². The quantitative estimate of drug-likeness (QED) is 0.708. The average Bonchev–Trinajstić information content (AvgIpc) is 2.96. The number of aromatic nitrogens is 2. The number of halogens is 2. The van der Waals surface area contributed by atoms with Crippen LogP contribution in [0.15, 0.2) is 36.7 Å². The van der Waals surface area contributed by atoms with E-state index in [1.807, 2.05) is 51.4 Å². The minimum atomic E-state index is -0.547. The molecule has 0 bridgehead atoms. The number of amides is 1. The maximum atomic E-state index is 12.8. The number of nitrogens with zero attached hydrogens (tertiary/aromatic N) is 3. The van der Waals surface area contributed by atoms with Gasteiger partial charge in [-0.25, -0.2) is 4.98 Å². The highest BCUT2D eigenvalue weighted by molar-refractivity contribution is 5.85. The van der Waals surface area contributed by atoms with Gasteiger partial charge in [0, 0.05) is 18.8 Å². The monoisotopic (exact) mass is 401 g/mol. The number of nitrogens with two attached hydrogens (primary N) is 1. The Morgan fingerprint density at radius 2 is 1.85 bits per heavy atom. The Morgan fingerprint density at radius 3 is 2.38 bits per heavy atom. The van der Waals surface area contributed by atoms with Gasteiger partial charge in [0.15, 0.2) is 0 Å². The number of carbonyl (C=O) groups is 1. The lowest BCUT2D eigenvalue weighted by atomic mass is 10.1. The van der Waals surface area contributed by atoms with E-state index in [2.05, 4.69) is 14.9 Å². The second kappa shape index (κ2) is 11.9. The maximum Gasteiger partial charge on any atom is 0.240 e. The van der Waals surface area contributed by atoms with Gasteiger partial charge in [0.05, 0.1) is 24.6 Å². The topological polar surface area (TPSA) is 78.2 Å². The van der Waals surface area contributed by atoms with E-state index in [1.54, 1.807) is 11.2 Å². The molecule has 1 amide bonds. The van der Waals surface area contributed by atoms with E-state index in [0.29, 0.717) is 19.5 Å². The molecule has 1 aromatic heterocycles. The fraction of sp³-hybridized carbons (Fsp3) is 0.444. The fourth-order valence-electron chi connectivity index (χ4n) is 2.51. The second-order valence-corrected chi connectivity index (χ2v) is 6.33. The molecular formula is C18H29Cl2N5O. The molecule has 0 radical (unpaired) electrons. The van der Waals surface area contributed by atoms with Crippen LogP contribution in [0.1, 0.15) is 17.0 Å². The van der Waals surface area contributed by atoms with E-state index in [1.165, 1.54) is 0 Å². The number of likely N-dealkylation sites (N-methyl/N-ethyl adjacent to an activating group) is 1. The number of H-pyrrole nitrogens is 1. The third kappa shape index (κ3) is 7.33. The molecule has 2 aromatic rings. The predicted octanol–water partition coefficient (Wildman–Crippen LogP) is 2.02. The van der Waals surface area contributed by atoms with Gasteiger partial charge >= 0.3 is 0 Å². The zero-order valence-electron chi connectivity index (χ0n) is 15.5. The summed E-state index contributed by atoms with van der Waals surface area (Å²) in [5.41, 5.74) is 9.13. The summed E-state index contributed by atoms with van der Waals surface area (Å²) in [6.07, 6.45) is 2.20. The van der Waals surface area contributed by atoms with Crippen LogP contribution in [0.2, 0.25) is 0 Å². The van der Waals surface area contributed by atoms with Gasteiger partial charge in [-0.05, 0) is 33.0 Å². The number of hydrogen-bond donors (Lipinski definition) is 2. The van der Waals surface area contributed by atoms with Crippen molar-refractivity contribution in [2.75, 3.05) is 27.2 Å². The third-order valence-corrected chi connectivity index (χ3v) is 4.02. The van der Waals surface area contributed by atoms with Crippen LogP contribution in [-0.4, -0.2) is 58.9 Å². The lowest BCUT2D eigenvalue weighted by Gasteiger charge is -2.27. The molecule has 0 fully saturated rings. The summed E-state index contributed by atoms with van der Waals surface area (Å²) in [4.78, 5) is 24.1. The molecule has 0 aliphatic heterocycles. The highest BCUT2D eigenvalue weighted by atomic mass is 35.5. The summed E-state index contributed by atoms with van der Waals surface area (Å²) < 4.78 is 0. The van der Waals surface area contributed by atoms with Crippen LogP contribution in [0.4, 0.5) is 0 Å². The second-order valence-electron chi connectivity index (χ2n) is 6.33. The van der Waals surface area contributed by atoms with Crippen LogP contribution in [0, 0.1) is 6.92 Å². The van der Waals surface area contributed by atoms with Crippen molar-refractivity contribution < 1.29 is 4.79 Å². The molecule has 0 saturated heterocycles. The number of carbonyl (C=O) groups excluding carboxylic acids is 1. The largest absolute Gasteiger partial charge is 0.348 e. The van der Waals surface area contributed by atoms with Crippen LogP contribution >= 0.6 is 24.8 Å². The zero-order chi connectivity index (χ0) is 17.5. The molecule has 0 spiro atoms.